The van der Waals surface area contributed by atoms with E-state index < -0.39 is 10.9 Å². The summed E-state index contributed by atoms with van der Waals surface area (Å²) in [6.45, 7) is 3.80. The lowest BCUT2D eigenvalue weighted by molar-refractivity contribution is -0.449. The fourth-order valence-corrected chi connectivity index (χ4v) is 1.70. The quantitative estimate of drug-likeness (QED) is 0.442. The molecular formula is C10H18FN3O3. The molecule has 0 bridgehead atoms. The maximum Gasteiger partial charge on any atom is 0.460 e. The fourth-order valence-electron chi connectivity index (χ4n) is 1.70. The summed E-state index contributed by atoms with van der Waals surface area (Å²) in [5.74, 6) is -0.829. The highest BCUT2D eigenvalue weighted by atomic mass is 19.1. The molecule has 1 saturated heterocycles. The van der Waals surface area contributed by atoms with Crippen LogP contribution in [0.4, 0.5) is 4.39 Å². The van der Waals surface area contributed by atoms with Crippen molar-refractivity contribution in [3.63, 3.8) is 0 Å². The van der Waals surface area contributed by atoms with Crippen LogP contribution in [0.15, 0.2) is 11.8 Å². The lowest BCUT2D eigenvalue weighted by Crippen LogP contribution is -2.33. The van der Waals surface area contributed by atoms with Crippen LogP contribution in [0.1, 0.15) is 6.92 Å². The summed E-state index contributed by atoms with van der Waals surface area (Å²) >= 11 is 0. The molecule has 1 rings (SSSR count). The van der Waals surface area contributed by atoms with Gasteiger partial charge in [0.2, 0.25) is 5.82 Å². The molecule has 1 aliphatic rings. The van der Waals surface area contributed by atoms with Crippen molar-refractivity contribution in [1.82, 2.24) is 10.2 Å². The smallest absolute Gasteiger partial charge is 0.381 e. The Labute approximate surface area is 99.6 Å². The van der Waals surface area contributed by atoms with Gasteiger partial charge in [-0.1, -0.05) is 6.92 Å². The van der Waals surface area contributed by atoms with E-state index in [0.29, 0.717) is 25.7 Å². The molecule has 0 spiro atoms. The monoisotopic (exact) mass is 247 g/mol. The zero-order chi connectivity index (χ0) is 13.0. The van der Waals surface area contributed by atoms with Gasteiger partial charge in [0, 0.05) is 33.2 Å². The average molecular weight is 247 g/mol. The minimum Gasteiger partial charge on any atom is -0.381 e. The summed E-state index contributed by atoms with van der Waals surface area (Å²) in [6, 6.07) is 0. The van der Waals surface area contributed by atoms with Crippen LogP contribution in [0.25, 0.3) is 0 Å². The summed E-state index contributed by atoms with van der Waals surface area (Å²) in [6.07, 6.45) is 0. The molecule has 0 aliphatic carbocycles. The molecule has 0 amide bonds. The van der Waals surface area contributed by atoms with Crippen LogP contribution >= 0.6 is 0 Å². The van der Waals surface area contributed by atoms with Crippen LogP contribution in [0.5, 0.6) is 0 Å². The first-order valence-electron chi connectivity index (χ1n) is 5.46. The molecular weight excluding hydrogens is 229 g/mol. The highest BCUT2D eigenvalue weighted by Crippen LogP contribution is 2.19. The molecule has 1 heterocycles. The summed E-state index contributed by atoms with van der Waals surface area (Å²) in [4.78, 5) is 10.7. The van der Waals surface area contributed by atoms with E-state index in [9.17, 15) is 14.5 Å². The molecule has 1 N–H and O–H groups in total. The number of nitrogens with zero attached hydrogens (tertiary/aromatic N) is 2. The van der Waals surface area contributed by atoms with E-state index in [1.807, 2.05) is 6.92 Å². The molecule has 0 radical (unpaired) electrons. The Bertz CT molecular complexity index is 320. The molecule has 0 aromatic carbocycles. The van der Waals surface area contributed by atoms with Crippen LogP contribution in [0.3, 0.4) is 0 Å². The van der Waals surface area contributed by atoms with Crippen molar-refractivity contribution in [2.45, 2.75) is 6.92 Å². The molecule has 17 heavy (non-hydrogen) atoms. The van der Waals surface area contributed by atoms with E-state index in [2.05, 4.69) is 5.32 Å². The molecule has 2 unspecified atom stereocenters. The van der Waals surface area contributed by atoms with Gasteiger partial charge in [-0.3, -0.25) is 10.1 Å². The van der Waals surface area contributed by atoms with E-state index in [1.54, 1.807) is 14.1 Å². The van der Waals surface area contributed by atoms with Crippen molar-refractivity contribution in [2.24, 2.45) is 11.8 Å². The van der Waals surface area contributed by atoms with Gasteiger partial charge in [0.1, 0.15) is 0 Å². The summed E-state index contributed by atoms with van der Waals surface area (Å²) < 4.78 is 18.5. The van der Waals surface area contributed by atoms with Crippen molar-refractivity contribution >= 4 is 0 Å². The number of hydrogen-bond acceptors (Lipinski definition) is 5. The van der Waals surface area contributed by atoms with Crippen LogP contribution < -0.4 is 5.32 Å². The van der Waals surface area contributed by atoms with Crippen molar-refractivity contribution in [3.05, 3.63) is 21.9 Å². The molecule has 0 aromatic heterocycles. The molecule has 2 atom stereocenters. The van der Waals surface area contributed by atoms with E-state index in [4.69, 9.17) is 4.74 Å². The topological polar surface area (TPSA) is 67.6 Å². The Morgan fingerprint density at radius 1 is 1.59 bits per heavy atom. The van der Waals surface area contributed by atoms with Gasteiger partial charge in [0.05, 0.1) is 11.5 Å². The van der Waals surface area contributed by atoms with Gasteiger partial charge in [0.15, 0.2) is 0 Å². The Kier molecular flexibility index (Phi) is 4.68. The third-order valence-electron chi connectivity index (χ3n) is 2.85. The largest absolute Gasteiger partial charge is 0.460 e. The first-order chi connectivity index (χ1) is 7.93. The molecule has 1 aliphatic heterocycles. The highest BCUT2D eigenvalue weighted by molar-refractivity contribution is 4.98. The van der Waals surface area contributed by atoms with E-state index >= 15 is 0 Å². The maximum absolute atomic E-state index is 13.3. The first-order valence-corrected chi connectivity index (χ1v) is 5.46. The average Bonchev–Trinajstić information content (AvgIpc) is 2.63. The molecule has 0 aromatic rings. The number of hydrogen-bond donors (Lipinski definition) is 1. The van der Waals surface area contributed by atoms with Crippen LogP contribution in [-0.4, -0.2) is 43.7 Å². The zero-order valence-electron chi connectivity index (χ0n) is 10.3. The molecule has 7 heteroatoms. The third-order valence-corrected chi connectivity index (χ3v) is 2.85. The second kappa shape index (κ2) is 5.81. The maximum atomic E-state index is 13.3. The molecule has 6 nitrogen and oxygen atoms in total. The molecule has 0 saturated carbocycles. The Balaban J connectivity index is 2.62. The Morgan fingerprint density at radius 2 is 2.24 bits per heavy atom. The van der Waals surface area contributed by atoms with E-state index in [1.165, 1.54) is 4.90 Å². The predicted molar refractivity (Wildman–Crippen MR) is 60.3 cm³/mol. The minimum absolute atomic E-state index is 0.103. The molecule has 98 valence electrons. The lowest BCUT2D eigenvalue weighted by Gasteiger charge is -2.20. The summed E-state index contributed by atoms with van der Waals surface area (Å²) in [7, 11) is 3.11. The second-order valence-corrected chi connectivity index (χ2v) is 4.45. The third kappa shape index (κ3) is 3.55. The Hall–Kier alpha value is -1.37. The summed E-state index contributed by atoms with van der Waals surface area (Å²) in [5.41, 5.74) is 0. The van der Waals surface area contributed by atoms with Crippen molar-refractivity contribution in [3.8, 4) is 0 Å². The second-order valence-electron chi connectivity index (χ2n) is 4.45. The zero-order valence-corrected chi connectivity index (χ0v) is 10.3. The number of ether oxygens (including phenoxy) is 1. The number of nitro groups is 1. The van der Waals surface area contributed by atoms with Crippen LogP contribution in [0.2, 0.25) is 0 Å². The van der Waals surface area contributed by atoms with Crippen LogP contribution in [0, 0.1) is 22.0 Å². The van der Waals surface area contributed by atoms with Gasteiger partial charge >= 0.3 is 5.95 Å². The number of halogens is 1. The number of nitrogens with one attached hydrogen (secondary N) is 1. The van der Waals surface area contributed by atoms with Gasteiger partial charge in [-0.05, 0) is 5.92 Å². The SMILES string of the molecule is CC1COCC1CNC(=C(F)[N+](=O)[O-])N(C)C. The van der Waals surface area contributed by atoms with Gasteiger partial charge < -0.3 is 15.0 Å². The predicted octanol–water partition coefficient (Wildman–Crippen LogP) is 0.793. The van der Waals surface area contributed by atoms with Crippen molar-refractivity contribution in [1.29, 1.82) is 0 Å². The van der Waals surface area contributed by atoms with Gasteiger partial charge in [-0.2, -0.15) is 0 Å². The molecule has 1 fully saturated rings. The highest BCUT2D eigenvalue weighted by Gasteiger charge is 2.26. The fraction of sp³-hybridized carbons (Fsp3) is 0.800. The van der Waals surface area contributed by atoms with Crippen molar-refractivity contribution in [2.75, 3.05) is 33.9 Å². The first kappa shape index (κ1) is 13.7. The van der Waals surface area contributed by atoms with Gasteiger partial charge in [-0.25, -0.2) is 0 Å². The summed E-state index contributed by atoms with van der Waals surface area (Å²) in [5, 5.41) is 13.2. The lowest BCUT2D eigenvalue weighted by atomic mass is 9.98. The van der Waals surface area contributed by atoms with Crippen LogP contribution in [-0.2, 0) is 4.74 Å². The van der Waals surface area contributed by atoms with Crippen molar-refractivity contribution < 1.29 is 14.1 Å². The van der Waals surface area contributed by atoms with Gasteiger partial charge in [-0.15, -0.1) is 4.39 Å². The standard InChI is InChI=1S/C10H18FN3O3/c1-7-5-17-6-8(7)4-12-10(13(2)3)9(11)14(15)16/h7-8,12H,4-6H2,1-3H3. The number of rotatable bonds is 5. The van der Waals surface area contributed by atoms with Gasteiger partial charge in [0.25, 0.3) is 0 Å². The van der Waals surface area contributed by atoms with E-state index in [0.717, 1.165) is 0 Å². The van der Waals surface area contributed by atoms with E-state index in [-0.39, 0.29) is 11.7 Å². The minimum atomic E-state index is -1.36. The Morgan fingerprint density at radius 3 is 2.65 bits per heavy atom. The normalized spacial score (nSPS) is 25.4.